The van der Waals surface area contributed by atoms with Gasteiger partial charge in [-0.15, -0.1) is 5.10 Å². The molecule has 15 heavy (non-hydrogen) atoms. The second kappa shape index (κ2) is 6.83. The lowest BCUT2D eigenvalue weighted by Crippen LogP contribution is -2.00. The van der Waals surface area contributed by atoms with Gasteiger partial charge < -0.3 is 0 Å². The van der Waals surface area contributed by atoms with Crippen LogP contribution in [0.2, 0.25) is 5.15 Å². The molecule has 0 amide bonds. The van der Waals surface area contributed by atoms with E-state index in [-0.39, 0.29) is 0 Å². The molecule has 1 aromatic rings. The van der Waals surface area contributed by atoms with Crippen LogP contribution in [0.4, 0.5) is 0 Å². The lowest BCUT2D eigenvalue weighted by Gasteiger charge is -2.01. The van der Waals surface area contributed by atoms with Gasteiger partial charge in [0.1, 0.15) is 10.8 Å². The molecule has 0 spiro atoms. The minimum Gasteiger partial charge on any atom is -0.234 e. The maximum absolute atomic E-state index is 6.15. The van der Waals surface area contributed by atoms with Gasteiger partial charge in [0.25, 0.3) is 0 Å². The van der Waals surface area contributed by atoms with Gasteiger partial charge in [0.2, 0.25) is 0 Å². The summed E-state index contributed by atoms with van der Waals surface area (Å²) in [6.07, 6.45) is 6.92. The van der Waals surface area contributed by atoms with Crippen molar-refractivity contribution >= 4 is 11.6 Å². The zero-order chi connectivity index (χ0) is 11.1. The number of aryl methyl sites for hydroxylation is 2. The summed E-state index contributed by atoms with van der Waals surface area (Å²) in [4.78, 5) is 0. The SMILES string of the molecule is CCCCCCn1nnc(CCC)c1Cl. The molecule has 0 unspecified atom stereocenters. The van der Waals surface area contributed by atoms with Crippen molar-refractivity contribution in [1.29, 1.82) is 0 Å². The highest BCUT2D eigenvalue weighted by atomic mass is 35.5. The van der Waals surface area contributed by atoms with Crippen molar-refractivity contribution in [3.63, 3.8) is 0 Å². The molecule has 1 aromatic heterocycles. The van der Waals surface area contributed by atoms with E-state index in [0.717, 1.165) is 36.7 Å². The first-order valence-corrected chi connectivity index (χ1v) is 6.25. The monoisotopic (exact) mass is 229 g/mol. The van der Waals surface area contributed by atoms with Crippen molar-refractivity contribution < 1.29 is 0 Å². The Morgan fingerprint density at radius 1 is 1.13 bits per heavy atom. The predicted molar refractivity (Wildman–Crippen MR) is 63.2 cm³/mol. The Morgan fingerprint density at radius 3 is 2.60 bits per heavy atom. The molecule has 0 radical (unpaired) electrons. The minimum atomic E-state index is 0.730. The van der Waals surface area contributed by atoms with Crippen LogP contribution in [-0.2, 0) is 13.0 Å². The molecule has 1 rings (SSSR count). The summed E-state index contributed by atoms with van der Waals surface area (Å²) in [5.74, 6) is 0. The number of halogens is 1. The highest BCUT2D eigenvalue weighted by Gasteiger charge is 2.08. The molecule has 0 N–H and O–H groups in total. The molecule has 0 aliphatic rings. The average molecular weight is 230 g/mol. The fourth-order valence-electron chi connectivity index (χ4n) is 1.56. The zero-order valence-corrected chi connectivity index (χ0v) is 10.4. The first kappa shape index (κ1) is 12.5. The largest absolute Gasteiger partial charge is 0.234 e. The molecule has 0 aromatic carbocycles. The minimum absolute atomic E-state index is 0.730. The molecule has 86 valence electrons. The molecule has 0 fully saturated rings. The molecule has 0 saturated carbocycles. The number of nitrogens with zero attached hydrogens (tertiary/aromatic N) is 3. The Morgan fingerprint density at radius 2 is 1.93 bits per heavy atom. The van der Waals surface area contributed by atoms with Crippen molar-refractivity contribution in [2.45, 2.75) is 58.9 Å². The van der Waals surface area contributed by atoms with E-state index < -0.39 is 0 Å². The number of rotatable bonds is 7. The Hall–Kier alpha value is -0.570. The van der Waals surface area contributed by atoms with E-state index in [9.17, 15) is 0 Å². The van der Waals surface area contributed by atoms with E-state index in [2.05, 4.69) is 24.2 Å². The molecule has 0 bridgehead atoms. The van der Waals surface area contributed by atoms with Gasteiger partial charge in [-0.25, -0.2) is 4.68 Å². The van der Waals surface area contributed by atoms with Gasteiger partial charge in [0.05, 0.1) is 0 Å². The maximum atomic E-state index is 6.15. The second-order valence-electron chi connectivity index (χ2n) is 3.86. The molecular formula is C11H20ClN3. The Bertz CT molecular complexity index is 283. The van der Waals surface area contributed by atoms with Gasteiger partial charge in [-0.2, -0.15) is 0 Å². The van der Waals surface area contributed by atoms with Crippen LogP contribution in [-0.4, -0.2) is 15.0 Å². The third-order valence-corrected chi connectivity index (χ3v) is 2.86. The molecule has 0 saturated heterocycles. The number of unbranched alkanes of at least 4 members (excludes halogenated alkanes) is 3. The number of aromatic nitrogens is 3. The van der Waals surface area contributed by atoms with Crippen molar-refractivity contribution in [2.24, 2.45) is 0 Å². The summed E-state index contributed by atoms with van der Waals surface area (Å²) in [5, 5.41) is 8.88. The summed E-state index contributed by atoms with van der Waals surface area (Å²) in [6.45, 7) is 5.23. The van der Waals surface area contributed by atoms with E-state index in [1.807, 2.05) is 4.68 Å². The van der Waals surface area contributed by atoms with Crippen LogP contribution < -0.4 is 0 Å². The molecule has 0 aliphatic carbocycles. The van der Waals surface area contributed by atoms with Gasteiger partial charge in [0.15, 0.2) is 0 Å². The first-order chi connectivity index (χ1) is 7.29. The summed E-state index contributed by atoms with van der Waals surface area (Å²) in [6, 6.07) is 0. The van der Waals surface area contributed by atoms with Crippen molar-refractivity contribution in [3.8, 4) is 0 Å². The van der Waals surface area contributed by atoms with E-state index in [4.69, 9.17) is 11.6 Å². The second-order valence-corrected chi connectivity index (χ2v) is 4.22. The van der Waals surface area contributed by atoms with E-state index in [1.54, 1.807) is 0 Å². The molecular weight excluding hydrogens is 210 g/mol. The topological polar surface area (TPSA) is 30.7 Å². The van der Waals surface area contributed by atoms with Crippen molar-refractivity contribution in [1.82, 2.24) is 15.0 Å². The molecule has 1 heterocycles. The zero-order valence-electron chi connectivity index (χ0n) is 9.67. The van der Waals surface area contributed by atoms with Gasteiger partial charge in [0, 0.05) is 6.54 Å². The lowest BCUT2D eigenvalue weighted by molar-refractivity contribution is 0.528. The Kier molecular flexibility index (Phi) is 5.69. The third kappa shape index (κ3) is 3.82. The lowest BCUT2D eigenvalue weighted by atomic mass is 10.2. The summed E-state index contributed by atoms with van der Waals surface area (Å²) >= 11 is 6.15. The Balaban J connectivity index is 2.40. The van der Waals surface area contributed by atoms with E-state index >= 15 is 0 Å². The summed E-state index contributed by atoms with van der Waals surface area (Å²) in [5.41, 5.74) is 0.939. The predicted octanol–water partition coefficient (Wildman–Crippen LogP) is 3.46. The van der Waals surface area contributed by atoms with E-state index in [1.165, 1.54) is 19.3 Å². The quantitative estimate of drug-likeness (QED) is 0.671. The van der Waals surface area contributed by atoms with Gasteiger partial charge >= 0.3 is 0 Å². The fraction of sp³-hybridized carbons (Fsp3) is 0.818. The Labute approximate surface area is 96.8 Å². The molecule has 4 heteroatoms. The first-order valence-electron chi connectivity index (χ1n) is 5.87. The van der Waals surface area contributed by atoms with Gasteiger partial charge in [-0.3, -0.25) is 0 Å². The average Bonchev–Trinajstić information content (AvgIpc) is 2.57. The van der Waals surface area contributed by atoms with Crippen LogP contribution in [0.25, 0.3) is 0 Å². The number of hydrogen-bond acceptors (Lipinski definition) is 2. The summed E-state index contributed by atoms with van der Waals surface area (Å²) in [7, 11) is 0. The van der Waals surface area contributed by atoms with Crippen LogP contribution in [0.5, 0.6) is 0 Å². The van der Waals surface area contributed by atoms with Gasteiger partial charge in [-0.05, 0) is 12.8 Å². The van der Waals surface area contributed by atoms with Crippen LogP contribution in [0.3, 0.4) is 0 Å². The van der Waals surface area contributed by atoms with Crippen LogP contribution >= 0.6 is 11.6 Å². The highest BCUT2D eigenvalue weighted by molar-refractivity contribution is 6.30. The molecule has 0 atom stereocenters. The normalized spacial score (nSPS) is 10.9. The molecule has 3 nitrogen and oxygen atoms in total. The van der Waals surface area contributed by atoms with Crippen LogP contribution in [0.1, 0.15) is 51.6 Å². The van der Waals surface area contributed by atoms with Crippen molar-refractivity contribution in [2.75, 3.05) is 0 Å². The third-order valence-electron chi connectivity index (χ3n) is 2.45. The summed E-state index contributed by atoms with van der Waals surface area (Å²) < 4.78 is 1.82. The molecule has 0 aliphatic heterocycles. The smallest absolute Gasteiger partial charge is 0.150 e. The fourth-order valence-corrected chi connectivity index (χ4v) is 1.81. The van der Waals surface area contributed by atoms with Gasteiger partial charge in [-0.1, -0.05) is 56.3 Å². The van der Waals surface area contributed by atoms with E-state index in [0.29, 0.717) is 0 Å². The van der Waals surface area contributed by atoms with Crippen LogP contribution in [0, 0.1) is 0 Å². The van der Waals surface area contributed by atoms with Crippen molar-refractivity contribution in [3.05, 3.63) is 10.8 Å². The van der Waals surface area contributed by atoms with Crippen LogP contribution in [0.15, 0.2) is 0 Å². The highest BCUT2D eigenvalue weighted by Crippen LogP contribution is 2.15. The maximum Gasteiger partial charge on any atom is 0.150 e. The standard InChI is InChI=1S/C11H20ClN3/c1-3-5-6-7-9-15-11(12)10(8-4-2)13-14-15/h3-9H2,1-2H3. The number of hydrogen-bond donors (Lipinski definition) is 0.